The third-order valence-corrected chi connectivity index (χ3v) is 6.22. The molecular weight excluding hydrogens is 538 g/mol. The number of piperazine rings is 1. The first-order chi connectivity index (χ1) is 18.9. The van der Waals surface area contributed by atoms with Crippen molar-refractivity contribution in [3.63, 3.8) is 0 Å². The van der Waals surface area contributed by atoms with Gasteiger partial charge in [0.1, 0.15) is 17.3 Å². The summed E-state index contributed by atoms with van der Waals surface area (Å²) in [7, 11) is 0. The Morgan fingerprint density at radius 2 is 1.65 bits per heavy atom. The maximum atomic E-state index is 13.5. The Balaban J connectivity index is 1.77. The lowest BCUT2D eigenvalue weighted by molar-refractivity contribution is -0.155. The SMILES string of the molecule is CCOC(=O)N1CCN(C(=O)[C@H](CCC(=O)OC(C)(C)C)NC(=O)c2cc(C)nc(-c3ccc(Cl)cc3)n2)CC1. The van der Waals surface area contributed by atoms with Gasteiger partial charge in [0, 0.05) is 48.9 Å². The first-order valence-corrected chi connectivity index (χ1v) is 13.6. The monoisotopic (exact) mass is 573 g/mol. The summed E-state index contributed by atoms with van der Waals surface area (Å²) >= 11 is 5.99. The second-order valence-electron chi connectivity index (χ2n) is 10.4. The number of ether oxygens (including phenoxy) is 2. The Labute approximate surface area is 239 Å². The van der Waals surface area contributed by atoms with Crippen LogP contribution in [0.3, 0.4) is 0 Å². The number of esters is 1. The van der Waals surface area contributed by atoms with E-state index in [0.717, 1.165) is 0 Å². The van der Waals surface area contributed by atoms with Gasteiger partial charge in [0.2, 0.25) is 5.91 Å². The number of nitrogens with zero attached hydrogens (tertiary/aromatic N) is 4. The fourth-order valence-electron chi connectivity index (χ4n) is 4.10. The van der Waals surface area contributed by atoms with Crippen LogP contribution in [0.5, 0.6) is 0 Å². The summed E-state index contributed by atoms with van der Waals surface area (Å²) in [6, 6.07) is 7.43. The molecule has 216 valence electrons. The molecule has 1 saturated heterocycles. The molecule has 2 aromatic rings. The molecule has 0 saturated carbocycles. The molecule has 1 N–H and O–H groups in total. The van der Waals surface area contributed by atoms with Gasteiger partial charge in [0.25, 0.3) is 5.91 Å². The summed E-state index contributed by atoms with van der Waals surface area (Å²) in [4.78, 5) is 63.3. The van der Waals surface area contributed by atoms with Crippen molar-refractivity contribution in [3.05, 3.63) is 46.7 Å². The van der Waals surface area contributed by atoms with Crippen LogP contribution < -0.4 is 5.32 Å². The smallest absolute Gasteiger partial charge is 0.409 e. The van der Waals surface area contributed by atoms with E-state index < -0.39 is 29.6 Å². The zero-order valence-electron chi connectivity index (χ0n) is 23.5. The van der Waals surface area contributed by atoms with E-state index in [2.05, 4.69) is 15.3 Å². The molecule has 0 bridgehead atoms. The fraction of sp³-hybridized carbons (Fsp3) is 0.500. The van der Waals surface area contributed by atoms with Crippen LogP contribution in [0, 0.1) is 6.92 Å². The van der Waals surface area contributed by atoms with Crippen LogP contribution in [0.4, 0.5) is 4.79 Å². The van der Waals surface area contributed by atoms with Crippen molar-refractivity contribution in [2.45, 2.75) is 59.1 Å². The predicted molar refractivity (Wildman–Crippen MR) is 149 cm³/mol. The largest absolute Gasteiger partial charge is 0.460 e. The minimum Gasteiger partial charge on any atom is -0.460 e. The van der Waals surface area contributed by atoms with Gasteiger partial charge in [-0.05, 0) is 71.4 Å². The predicted octanol–water partition coefficient (Wildman–Crippen LogP) is 3.63. The number of carbonyl (C=O) groups excluding carboxylic acids is 4. The van der Waals surface area contributed by atoms with Crippen LogP contribution in [-0.4, -0.2) is 88.1 Å². The first-order valence-electron chi connectivity index (χ1n) is 13.2. The van der Waals surface area contributed by atoms with Gasteiger partial charge in [-0.15, -0.1) is 0 Å². The van der Waals surface area contributed by atoms with Crippen molar-refractivity contribution in [3.8, 4) is 11.4 Å². The fourth-order valence-corrected chi connectivity index (χ4v) is 4.23. The Morgan fingerprint density at radius 3 is 2.25 bits per heavy atom. The van der Waals surface area contributed by atoms with Crippen molar-refractivity contribution >= 4 is 35.5 Å². The highest BCUT2D eigenvalue weighted by Gasteiger charge is 2.32. The number of amides is 3. The van der Waals surface area contributed by atoms with E-state index in [1.165, 1.54) is 11.0 Å². The molecule has 0 radical (unpaired) electrons. The normalized spacial score (nSPS) is 14.3. The number of benzene rings is 1. The van der Waals surface area contributed by atoms with E-state index in [4.69, 9.17) is 21.1 Å². The van der Waals surface area contributed by atoms with Gasteiger partial charge < -0.3 is 24.6 Å². The van der Waals surface area contributed by atoms with Crippen molar-refractivity contribution in [1.29, 1.82) is 0 Å². The lowest BCUT2D eigenvalue weighted by atomic mass is 10.1. The molecule has 40 heavy (non-hydrogen) atoms. The zero-order chi connectivity index (χ0) is 29.4. The standard InChI is InChI=1S/C28H36ClN5O6/c1-6-39-27(38)34-15-13-33(14-16-34)26(37)21(11-12-23(35)40-28(3,4)5)32-25(36)22-17-18(2)30-24(31-22)19-7-9-20(29)10-8-19/h7-10,17,21H,6,11-16H2,1-5H3,(H,32,36)/t21-/m0/s1. The average Bonchev–Trinajstić information content (AvgIpc) is 2.89. The van der Waals surface area contributed by atoms with Gasteiger partial charge in [0.05, 0.1) is 6.61 Å². The third kappa shape index (κ3) is 8.90. The molecule has 1 fully saturated rings. The Kier molecular flexibility index (Phi) is 10.4. The Morgan fingerprint density at radius 1 is 1.02 bits per heavy atom. The highest BCUT2D eigenvalue weighted by Crippen LogP contribution is 2.19. The molecule has 0 spiro atoms. The van der Waals surface area contributed by atoms with Gasteiger partial charge >= 0.3 is 12.1 Å². The lowest BCUT2D eigenvalue weighted by Crippen LogP contribution is -2.56. The zero-order valence-corrected chi connectivity index (χ0v) is 24.3. The number of halogens is 1. The molecule has 3 rings (SSSR count). The van der Waals surface area contributed by atoms with Gasteiger partial charge in [-0.2, -0.15) is 0 Å². The molecular formula is C28H36ClN5O6. The summed E-state index contributed by atoms with van der Waals surface area (Å²) in [5, 5.41) is 3.32. The number of hydrogen-bond acceptors (Lipinski definition) is 8. The van der Waals surface area contributed by atoms with E-state index in [1.54, 1.807) is 63.8 Å². The van der Waals surface area contributed by atoms with Gasteiger partial charge in [-0.3, -0.25) is 14.4 Å². The van der Waals surface area contributed by atoms with Crippen LogP contribution in [0.1, 0.15) is 56.7 Å². The summed E-state index contributed by atoms with van der Waals surface area (Å²) < 4.78 is 10.4. The number of carbonyl (C=O) groups is 4. The summed E-state index contributed by atoms with van der Waals surface area (Å²) in [5.74, 6) is -1.07. The average molecular weight is 574 g/mol. The van der Waals surface area contributed by atoms with Gasteiger partial charge in [-0.25, -0.2) is 14.8 Å². The first kappa shape index (κ1) is 30.8. The molecule has 3 amide bonds. The molecule has 11 nitrogen and oxygen atoms in total. The van der Waals surface area contributed by atoms with Crippen LogP contribution in [-0.2, 0) is 19.1 Å². The van der Waals surface area contributed by atoms with E-state index in [9.17, 15) is 19.2 Å². The molecule has 0 unspecified atom stereocenters. The quantitative estimate of drug-likeness (QED) is 0.474. The molecule has 1 aromatic heterocycles. The highest BCUT2D eigenvalue weighted by atomic mass is 35.5. The van der Waals surface area contributed by atoms with Crippen LogP contribution in [0.2, 0.25) is 5.02 Å². The second-order valence-corrected chi connectivity index (χ2v) is 10.8. The molecule has 1 aromatic carbocycles. The summed E-state index contributed by atoms with van der Waals surface area (Å²) in [6.07, 6.45) is -0.471. The molecule has 1 aliphatic heterocycles. The van der Waals surface area contributed by atoms with Crippen molar-refractivity contribution < 1.29 is 28.7 Å². The minimum atomic E-state index is -1.01. The number of rotatable bonds is 8. The van der Waals surface area contributed by atoms with E-state index in [0.29, 0.717) is 35.2 Å². The maximum Gasteiger partial charge on any atom is 0.409 e. The second kappa shape index (κ2) is 13.6. The minimum absolute atomic E-state index is 0.0334. The molecule has 0 aliphatic carbocycles. The van der Waals surface area contributed by atoms with Crippen molar-refractivity contribution in [1.82, 2.24) is 25.1 Å². The van der Waals surface area contributed by atoms with Gasteiger partial charge in [-0.1, -0.05) is 11.6 Å². The summed E-state index contributed by atoms with van der Waals surface area (Å²) in [5.41, 5.74) is 0.649. The topological polar surface area (TPSA) is 131 Å². The molecule has 1 aliphatic rings. The number of aromatic nitrogens is 2. The number of nitrogens with one attached hydrogen (secondary N) is 1. The Bertz CT molecular complexity index is 1220. The van der Waals surface area contributed by atoms with Crippen LogP contribution >= 0.6 is 11.6 Å². The van der Waals surface area contributed by atoms with E-state index >= 15 is 0 Å². The Hall–Kier alpha value is -3.73. The van der Waals surface area contributed by atoms with Gasteiger partial charge in [0.15, 0.2) is 5.82 Å². The molecule has 1 atom stereocenters. The van der Waals surface area contributed by atoms with E-state index in [1.807, 2.05) is 0 Å². The molecule has 12 heteroatoms. The van der Waals surface area contributed by atoms with Crippen molar-refractivity contribution in [2.75, 3.05) is 32.8 Å². The highest BCUT2D eigenvalue weighted by molar-refractivity contribution is 6.30. The van der Waals surface area contributed by atoms with Crippen LogP contribution in [0.15, 0.2) is 30.3 Å². The third-order valence-electron chi connectivity index (χ3n) is 5.97. The van der Waals surface area contributed by atoms with E-state index in [-0.39, 0.29) is 44.1 Å². The molecule has 2 heterocycles. The maximum absolute atomic E-state index is 13.5. The number of hydrogen-bond donors (Lipinski definition) is 1. The lowest BCUT2D eigenvalue weighted by Gasteiger charge is -2.36. The van der Waals surface area contributed by atoms with Crippen molar-refractivity contribution in [2.24, 2.45) is 0 Å². The van der Waals surface area contributed by atoms with Crippen LogP contribution in [0.25, 0.3) is 11.4 Å². The number of aryl methyl sites for hydroxylation is 1. The summed E-state index contributed by atoms with van der Waals surface area (Å²) in [6.45, 7) is 10.1.